The number of benzene rings is 2. The number of rotatable bonds is 7. The van der Waals surface area contributed by atoms with Crippen LogP contribution in [0.25, 0.3) is 10.4 Å². The molecule has 0 radical (unpaired) electrons. The molecule has 0 saturated carbocycles. The number of hydrogen-bond donors (Lipinski definition) is 2. The van der Waals surface area contributed by atoms with E-state index in [-0.39, 0.29) is 30.2 Å². The number of pyridine rings is 1. The molecular formula is C30H25F3N4O2S. The zero-order valence-electron chi connectivity index (χ0n) is 21.3. The summed E-state index contributed by atoms with van der Waals surface area (Å²) < 4.78 is 40.1. The highest BCUT2D eigenvalue weighted by Gasteiger charge is 2.44. The average Bonchev–Trinajstić information content (AvgIpc) is 3.68. The number of thiophene rings is 1. The summed E-state index contributed by atoms with van der Waals surface area (Å²) in [6, 6.07) is 13.1. The molecular weight excluding hydrogens is 537 g/mol. The number of nitrogens with one attached hydrogen (secondary N) is 1. The first-order valence-corrected chi connectivity index (χ1v) is 13.8. The van der Waals surface area contributed by atoms with Gasteiger partial charge in [0.1, 0.15) is 5.82 Å². The number of aromatic nitrogens is 1. The van der Waals surface area contributed by atoms with E-state index in [1.165, 1.54) is 29.5 Å². The third-order valence-corrected chi connectivity index (χ3v) is 8.56. The lowest BCUT2D eigenvalue weighted by Gasteiger charge is -2.15. The molecule has 3 N–H and O–H groups in total. The summed E-state index contributed by atoms with van der Waals surface area (Å²) in [5.41, 5.74) is 10.9. The number of nitrogens with two attached hydrogens (primary N) is 1. The van der Waals surface area contributed by atoms with Gasteiger partial charge in [-0.3, -0.25) is 14.6 Å². The average molecular weight is 563 g/mol. The Morgan fingerprint density at radius 2 is 1.77 bits per heavy atom. The van der Waals surface area contributed by atoms with E-state index < -0.39 is 11.6 Å². The van der Waals surface area contributed by atoms with E-state index in [1.54, 1.807) is 24.3 Å². The second kappa shape index (κ2) is 10.4. The Morgan fingerprint density at radius 3 is 2.55 bits per heavy atom. The third kappa shape index (κ3) is 4.72. The minimum absolute atomic E-state index is 0.0265. The molecule has 204 valence electrons. The van der Waals surface area contributed by atoms with Crippen LogP contribution in [-0.2, 0) is 19.4 Å². The molecule has 4 aromatic rings. The fourth-order valence-corrected chi connectivity index (χ4v) is 6.43. The van der Waals surface area contributed by atoms with E-state index >= 15 is 0 Å². The Morgan fingerprint density at radius 1 is 1.00 bits per heavy atom. The molecule has 10 heteroatoms. The van der Waals surface area contributed by atoms with Gasteiger partial charge in [-0.05, 0) is 73.2 Å². The molecule has 1 saturated heterocycles. The fourth-order valence-electron chi connectivity index (χ4n) is 5.44. The molecule has 2 aromatic heterocycles. The monoisotopic (exact) mass is 562 g/mol. The number of carbonyl (C=O) groups excluding carboxylic acids is 2. The van der Waals surface area contributed by atoms with Gasteiger partial charge in [0.2, 0.25) is 0 Å². The van der Waals surface area contributed by atoms with Crippen molar-refractivity contribution in [2.24, 2.45) is 0 Å². The fraction of sp³-hybridized carbons (Fsp3) is 0.233. The number of hydrogen-bond acceptors (Lipinski definition) is 5. The molecule has 2 aliphatic heterocycles. The smallest absolute Gasteiger partial charge is 0.261 e. The maximum absolute atomic E-state index is 13.5. The van der Waals surface area contributed by atoms with Gasteiger partial charge in [0.05, 0.1) is 33.6 Å². The SMILES string of the molecule is Nc1c(CCc2ccc(F)cc2)nc2c(c1-c1ccc(C(=O)NCc3ccc(F)c(F)c3)s1)C(=O)N1CCCC21. The standard InChI is InChI=1S/C30H25F3N4O2S/c31-18-7-3-16(4-8-18)6-10-21-27(34)25(26-28(36-21)22-2-1-13-37(22)30(26)39)23-11-12-24(40-23)29(38)35-15-17-5-9-19(32)20(33)14-17/h3-5,7-9,11-12,14,22H,1-2,6,10,13,15,34H2,(H,35,38). The van der Waals surface area contributed by atoms with Crippen LogP contribution < -0.4 is 11.1 Å². The Kier molecular flexibility index (Phi) is 6.79. The minimum Gasteiger partial charge on any atom is -0.397 e. The van der Waals surface area contributed by atoms with Crippen molar-refractivity contribution in [3.05, 3.63) is 105 Å². The van der Waals surface area contributed by atoms with Gasteiger partial charge in [0, 0.05) is 23.5 Å². The maximum atomic E-state index is 13.5. The van der Waals surface area contributed by atoms with Crippen molar-refractivity contribution in [2.75, 3.05) is 12.3 Å². The summed E-state index contributed by atoms with van der Waals surface area (Å²) in [4.78, 5) is 34.1. The van der Waals surface area contributed by atoms with E-state index in [2.05, 4.69) is 5.32 Å². The number of amides is 2. The number of aryl methyl sites for hydroxylation is 2. The predicted octanol–water partition coefficient (Wildman–Crippen LogP) is 5.82. The summed E-state index contributed by atoms with van der Waals surface area (Å²) >= 11 is 1.20. The molecule has 6 rings (SSSR count). The van der Waals surface area contributed by atoms with Crippen molar-refractivity contribution >= 4 is 28.8 Å². The molecule has 4 heterocycles. The van der Waals surface area contributed by atoms with Crippen molar-refractivity contribution in [3.8, 4) is 10.4 Å². The first-order valence-electron chi connectivity index (χ1n) is 13.0. The van der Waals surface area contributed by atoms with Crippen LogP contribution in [0.1, 0.15) is 61.4 Å². The van der Waals surface area contributed by atoms with Gasteiger partial charge < -0.3 is 16.0 Å². The van der Waals surface area contributed by atoms with Crippen LogP contribution in [0.3, 0.4) is 0 Å². The number of fused-ring (bicyclic) bond motifs is 3. The topological polar surface area (TPSA) is 88.3 Å². The van der Waals surface area contributed by atoms with Crippen LogP contribution in [0.5, 0.6) is 0 Å². The number of nitrogen functional groups attached to an aromatic ring is 1. The maximum Gasteiger partial charge on any atom is 0.261 e. The highest BCUT2D eigenvalue weighted by atomic mass is 32.1. The van der Waals surface area contributed by atoms with E-state index in [0.717, 1.165) is 36.2 Å². The lowest BCUT2D eigenvalue weighted by atomic mass is 9.97. The van der Waals surface area contributed by atoms with Crippen molar-refractivity contribution in [2.45, 2.75) is 38.3 Å². The van der Waals surface area contributed by atoms with Gasteiger partial charge >= 0.3 is 0 Å². The first-order chi connectivity index (χ1) is 19.3. The quantitative estimate of drug-likeness (QED) is 0.297. The minimum atomic E-state index is -0.979. The number of halogens is 3. The summed E-state index contributed by atoms with van der Waals surface area (Å²) in [5, 5.41) is 2.73. The lowest BCUT2D eigenvalue weighted by molar-refractivity contribution is 0.0776. The molecule has 1 fully saturated rings. The zero-order chi connectivity index (χ0) is 28.0. The van der Waals surface area contributed by atoms with Gasteiger partial charge in [0.25, 0.3) is 11.8 Å². The van der Waals surface area contributed by atoms with E-state index in [4.69, 9.17) is 10.7 Å². The van der Waals surface area contributed by atoms with Gasteiger partial charge in [-0.2, -0.15) is 0 Å². The molecule has 6 nitrogen and oxygen atoms in total. The van der Waals surface area contributed by atoms with Gasteiger partial charge in [0.15, 0.2) is 11.6 Å². The first kappa shape index (κ1) is 26.1. The zero-order valence-corrected chi connectivity index (χ0v) is 22.2. The molecule has 1 atom stereocenters. The molecule has 40 heavy (non-hydrogen) atoms. The second-order valence-corrected chi connectivity index (χ2v) is 11.1. The van der Waals surface area contributed by atoms with Gasteiger partial charge in [-0.1, -0.05) is 18.2 Å². The van der Waals surface area contributed by atoms with Crippen LogP contribution in [0, 0.1) is 17.5 Å². The number of carbonyl (C=O) groups is 2. The van der Waals surface area contributed by atoms with Crippen LogP contribution in [0.2, 0.25) is 0 Å². The second-order valence-electron chi connectivity index (χ2n) is 9.99. The largest absolute Gasteiger partial charge is 0.397 e. The van der Waals surface area contributed by atoms with Crippen molar-refractivity contribution in [3.63, 3.8) is 0 Å². The van der Waals surface area contributed by atoms with Crippen molar-refractivity contribution in [1.29, 1.82) is 0 Å². The summed E-state index contributed by atoms with van der Waals surface area (Å²) in [6.45, 7) is 0.685. The van der Waals surface area contributed by atoms with Crippen LogP contribution >= 0.6 is 11.3 Å². The van der Waals surface area contributed by atoms with E-state index in [0.29, 0.717) is 57.2 Å². The van der Waals surface area contributed by atoms with Crippen LogP contribution in [0.4, 0.5) is 18.9 Å². The Hall–Kier alpha value is -4.18. The predicted molar refractivity (Wildman–Crippen MR) is 146 cm³/mol. The van der Waals surface area contributed by atoms with E-state index in [1.807, 2.05) is 4.90 Å². The highest BCUT2D eigenvalue weighted by molar-refractivity contribution is 7.17. The Bertz CT molecular complexity index is 1640. The normalized spacial score (nSPS) is 15.8. The molecule has 2 aromatic carbocycles. The number of nitrogens with zero attached hydrogens (tertiary/aromatic N) is 2. The Balaban J connectivity index is 1.31. The molecule has 2 aliphatic rings. The van der Waals surface area contributed by atoms with Crippen LogP contribution in [-0.4, -0.2) is 28.2 Å². The molecule has 0 spiro atoms. The van der Waals surface area contributed by atoms with Gasteiger partial charge in [-0.25, -0.2) is 13.2 Å². The van der Waals surface area contributed by atoms with Crippen molar-refractivity contribution in [1.82, 2.24) is 15.2 Å². The molecule has 0 bridgehead atoms. The summed E-state index contributed by atoms with van der Waals surface area (Å²) in [5.74, 6) is -2.72. The summed E-state index contributed by atoms with van der Waals surface area (Å²) in [6.07, 6.45) is 2.84. The summed E-state index contributed by atoms with van der Waals surface area (Å²) in [7, 11) is 0. The third-order valence-electron chi connectivity index (χ3n) is 7.46. The molecule has 2 amide bonds. The van der Waals surface area contributed by atoms with Gasteiger partial charge in [-0.15, -0.1) is 11.3 Å². The van der Waals surface area contributed by atoms with E-state index in [9.17, 15) is 22.8 Å². The highest BCUT2D eigenvalue weighted by Crippen LogP contribution is 2.47. The molecule has 1 unspecified atom stereocenters. The van der Waals surface area contributed by atoms with Crippen LogP contribution in [0.15, 0.2) is 54.6 Å². The van der Waals surface area contributed by atoms with Crippen molar-refractivity contribution < 1.29 is 22.8 Å². The number of anilines is 1. The lowest BCUT2D eigenvalue weighted by Crippen LogP contribution is -2.23. The molecule has 0 aliphatic carbocycles. The Labute approximate surface area is 232 Å².